The topological polar surface area (TPSA) is 73.9 Å². The maximum Gasteiger partial charge on any atom is 0.261 e. The summed E-state index contributed by atoms with van der Waals surface area (Å²) in [4.78, 5) is 29.7. The summed E-state index contributed by atoms with van der Waals surface area (Å²) in [5, 5.41) is 7.95. The van der Waals surface area contributed by atoms with Gasteiger partial charge in [0.15, 0.2) is 5.11 Å². The minimum absolute atomic E-state index is 0.0277. The number of nitrogens with one attached hydrogen (secondary N) is 2. The second-order valence-electron chi connectivity index (χ2n) is 9.41. The lowest BCUT2D eigenvalue weighted by Crippen LogP contribution is -2.48. The average Bonchev–Trinajstić information content (AvgIpc) is 3.00. The number of methoxy groups -OCH3 is 1. The second kappa shape index (κ2) is 12.4. The SMILES string of the molecule is COc1cc2ccccc2cc1C(=O)NC(=S)Nc1ccc(N2CCN(C(=O)/C=C/c3ccccc3)CC2)cc1. The van der Waals surface area contributed by atoms with E-state index in [0.29, 0.717) is 24.4 Å². The third-order valence-corrected chi connectivity index (χ3v) is 7.04. The molecule has 0 aromatic heterocycles. The number of hydrogen-bond donors (Lipinski definition) is 2. The van der Waals surface area contributed by atoms with E-state index >= 15 is 0 Å². The number of ether oxygens (including phenoxy) is 1. The summed E-state index contributed by atoms with van der Waals surface area (Å²) in [7, 11) is 1.54. The highest BCUT2D eigenvalue weighted by Gasteiger charge is 2.20. The number of hydrogen-bond acceptors (Lipinski definition) is 5. The lowest BCUT2D eigenvalue weighted by Gasteiger charge is -2.35. The Morgan fingerprint density at radius 1 is 0.850 bits per heavy atom. The minimum atomic E-state index is -0.345. The van der Waals surface area contributed by atoms with Crippen molar-refractivity contribution in [2.45, 2.75) is 0 Å². The monoisotopic (exact) mass is 550 g/mol. The van der Waals surface area contributed by atoms with E-state index in [9.17, 15) is 9.59 Å². The summed E-state index contributed by atoms with van der Waals surface area (Å²) >= 11 is 5.40. The Kier molecular flexibility index (Phi) is 8.37. The van der Waals surface area contributed by atoms with Crippen molar-refractivity contribution in [3.63, 3.8) is 0 Å². The van der Waals surface area contributed by atoms with E-state index in [1.807, 2.05) is 95.9 Å². The van der Waals surface area contributed by atoms with Gasteiger partial charge >= 0.3 is 0 Å². The number of nitrogens with zero attached hydrogens (tertiary/aromatic N) is 2. The summed E-state index contributed by atoms with van der Waals surface area (Å²) in [5.41, 5.74) is 3.25. The lowest BCUT2D eigenvalue weighted by atomic mass is 10.1. The van der Waals surface area contributed by atoms with Crippen molar-refractivity contribution in [3.8, 4) is 5.75 Å². The van der Waals surface area contributed by atoms with Crippen molar-refractivity contribution >= 4 is 57.4 Å². The molecule has 2 amide bonds. The molecule has 0 bridgehead atoms. The van der Waals surface area contributed by atoms with Crippen LogP contribution in [-0.2, 0) is 4.79 Å². The first-order valence-corrected chi connectivity index (χ1v) is 13.5. The van der Waals surface area contributed by atoms with Gasteiger partial charge in [-0.15, -0.1) is 0 Å². The molecule has 202 valence electrons. The Morgan fingerprint density at radius 3 is 2.17 bits per heavy atom. The van der Waals surface area contributed by atoms with Crippen LogP contribution in [0.3, 0.4) is 0 Å². The summed E-state index contributed by atoms with van der Waals surface area (Å²) in [5.74, 6) is 0.167. The maximum absolute atomic E-state index is 13.0. The Morgan fingerprint density at radius 2 is 1.50 bits per heavy atom. The van der Waals surface area contributed by atoms with Crippen molar-refractivity contribution in [2.24, 2.45) is 0 Å². The predicted octanol–water partition coefficient (Wildman–Crippen LogP) is 5.34. The third kappa shape index (κ3) is 6.47. The molecule has 1 heterocycles. The molecule has 1 aliphatic rings. The molecule has 4 aromatic rings. The fourth-order valence-electron chi connectivity index (χ4n) is 4.68. The number of carbonyl (C=O) groups is 2. The summed E-state index contributed by atoms with van der Waals surface area (Å²) in [6.45, 7) is 2.82. The zero-order chi connectivity index (χ0) is 27.9. The number of anilines is 2. The maximum atomic E-state index is 13.0. The summed E-state index contributed by atoms with van der Waals surface area (Å²) < 4.78 is 5.44. The predicted molar refractivity (Wildman–Crippen MR) is 165 cm³/mol. The fraction of sp³-hybridized carbons (Fsp3) is 0.156. The smallest absolute Gasteiger partial charge is 0.261 e. The number of thiocarbonyl (C=S) groups is 1. The second-order valence-corrected chi connectivity index (χ2v) is 9.82. The minimum Gasteiger partial charge on any atom is -0.496 e. The van der Waals surface area contributed by atoms with Crippen molar-refractivity contribution in [1.82, 2.24) is 10.2 Å². The molecule has 40 heavy (non-hydrogen) atoms. The van der Waals surface area contributed by atoms with E-state index < -0.39 is 0 Å². The van der Waals surface area contributed by atoms with Gasteiger partial charge in [-0.1, -0.05) is 54.6 Å². The van der Waals surface area contributed by atoms with Gasteiger partial charge in [-0.2, -0.15) is 0 Å². The first kappa shape index (κ1) is 26.9. The molecular weight excluding hydrogens is 520 g/mol. The van der Waals surface area contributed by atoms with Crippen LogP contribution in [0.5, 0.6) is 5.75 Å². The number of amides is 2. The number of rotatable bonds is 6. The zero-order valence-corrected chi connectivity index (χ0v) is 23.0. The highest BCUT2D eigenvalue weighted by atomic mass is 32.1. The van der Waals surface area contributed by atoms with Crippen molar-refractivity contribution in [2.75, 3.05) is 43.5 Å². The molecule has 0 spiro atoms. The Hall–Kier alpha value is -4.69. The van der Waals surface area contributed by atoms with Crippen molar-refractivity contribution in [3.05, 3.63) is 108 Å². The van der Waals surface area contributed by atoms with Crippen LogP contribution in [0.1, 0.15) is 15.9 Å². The van der Waals surface area contributed by atoms with Gasteiger partial charge in [0, 0.05) is 43.6 Å². The molecule has 7 nitrogen and oxygen atoms in total. The standard InChI is InChI=1S/C32H30N4O3S/c1-39-29-22-25-10-6-5-9-24(25)21-28(29)31(38)34-32(40)33-26-12-14-27(15-13-26)35-17-19-36(20-18-35)30(37)16-11-23-7-3-2-4-8-23/h2-16,21-22H,17-20H2,1H3,(H2,33,34,38,40)/b16-11+. The van der Waals surface area contributed by atoms with Gasteiger partial charge in [0.25, 0.3) is 5.91 Å². The van der Waals surface area contributed by atoms with Gasteiger partial charge in [0.05, 0.1) is 12.7 Å². The molecule has 1 aliphatic heterocycles. The van der Waals surface area contributed by atoms with Gasteiger partial charge < -0.3 is 19.9 Å². The number of piperazine rings is 1. The van der Waals surface area contributed by atoms with E-state index in [0.717, 1.165) is 40.8 Å². The van der Waals surface area contributed by atoms with E-state index in [2.05, 4.69) is 15.5 Å². The Labute approximate surface area is 239 Å². The van der Waals surface area contributed by atoms with Crippen LogP contribution >= 0.6 is 12.2 Å². The molecule has 1 saturated heterocycles. The molecular formula is C32H30N4O3S. The van der Waals surface area contributed by atoms with Gasteiger partial charge in [-0.25, -0.2) is 0 Å². The van der Waals surface area contributed by atoms with Crippen molar-refractivity contribution < 1.29 is 14.3 Å². The van der Waals surface area contributed by atoms with Gasteiger partial charge in [-0.05, 0) is 71.0 Å². The number of fused-ring (bicyclic) bond motifs is 1. The Bertz CT molecular complexity index is 1550. The average molecular weight is 551 g/mol. The highest BCUT2D eigenvalue weighted by Crippen LogP contribution is 2.26. The molecule has 2 N–H and O–H groups in total. The zero-order valence-electron chi connectivity index (χ0n) is 22.2. The quantitative estimate of drug-likeness (QED) is 0.250. The Balaban J connectivity index is 1.13. The molecule has 1 fully saturated rings. The molecule has 4 aromatic carbocycles. The van der Waals surface area contributed by atoms with E-state index in [1.165, 1.54) is 0 Å². The number of benzene rings is 4. The lowest BCUT2D eigenvalue weighted by molar-refractivity contribution is -0.126. The van der Waals surface area contributed by atoms with Gasteiger partial charge in [0.1, 0.15) is 5.75 Å². The van der Waals surface area contributed by atoms with Crippen LogP contribution < -0.4 is 20.3 Å². The summed E-state index contributed by atoms with van der Waals surface area (Å²) in [6.07, 6.45) is 3.49. The largest absolute Gasteiger partial charge is 0.496 e. The van der Waals surface area contributed by atoms with Gasteiger partial charge in [0.2, 0.25) is 5.91 Å². The molecule has 8 heteroatoms. The fourth-order valence-corrected chi connectivity index (χ4v) is 4.89. The first-order valence-electron chi connectivity index (χ1n) is 13.1. The van der Waals surface area contributed by atoms with Gasteiger partial charge in [-0.3, -0.25) is 14.9 Å². The van der Waals surface area contributed by atoms with Crippen molar-refractivity contribution in [1.29, 1.82) is 0 Å². The molecule has 0 radical (unpaired) electrons. The molecule has 0 atom stereocenters. The van der Waals surface area contributed by atoms with Crippen LogP contribution in [0.4, 0.5) is 11.4 Å². The first-order chi connectivity index (χ1) is 19.5. The summed E-state index contributed by atoms with van der Waals surface area (Å²) in [6, 6.07) is 29.1. The highest BCUT2D eigenvalue weighted by molar-refractivity contribution is 7.80. The normalized spacial score (nSPS) is 13.3. The van der Waals surface area contributed by atoms with E-state index in [1.54, 1.807) is 19.3 Å². The van der Waals surface area contributed by atoms with E-state index in [4.69, 9.17) is 17.0 Å². The molecule has 0 aliphatic carbocycles. The van der Waals surface area contributed by atoms with Crippen LogP contribution in [0.25, 0.3) is 16.8 Å². The third-order valence-electron chi connectivity index (χ3n) is 6.84. The van der Waals surface area contributed by atoms with Crippen LogP contribution in [0.2, 0.25) is 0 Å². The molecule has 0 saturated carbocycles. The van der Waals surface area contributed by atoms with Crippen LogP contribution in [0.15, 0.2) is 97.1 Å². The molecule has 0 unspecified atom stereocenters. The van der Waals surface area contributed by atoms with Crippen LogP contribution in [0, 0.1) is 0 Å². The molecule has 5 rings (SSSR count). The van der Waals surface area contributed by atoms with Crippen LogP contribution in [-0.4, -0.2) is 55.1 Å². The number of carbonyl (C=O) groups excluding carboxylic acids is 2. The van der Waals surface area contributed by atoms with E-state index in [-0.39, 0.29) is 16.9 Å².